The molecule has 28 heavy (non-hydrogen) atoms. The van der Waals surface area contributed by atoms with E-state index < -0.39 is 0 Å². The molecule has 3 rings (SSSR count). The molecule has 1 fully saturated rings. The zero-order valence-corrected chi connectivity index (χ0v) is 16.5. The van der Waals surface area contributed by atoms with Gasteiger partial charge in [-0.3, -0.25) is 9.78 Å². The van der Waals surface area contributed by atoms with Crippen LogP contribution in [-0.2, 0) is 4.79 Å². The Morgan fingerprint density at radius 3 is 2.36 bits per heavy atom. The van der Waals surface area contributed by atoms with Gasteiger partial charge in [0.25, 0.3) is 0 Å². The molecule has 0 spiro atoms. The Morgan fingerprint density at radius 1 is 1.00 bits per heavy atom. The third kappa shape index (κ3) is 5.03. The van der Waals surface area contributed by atoms with E-state index in [-0.39, 0.29) is 5.91 Å². The molecular weight excluding hydrogens is 354 g/mol. The fourth-order valence-corrected chi connectivity index (χ4v) is 3.18. The lowest BCUT2D eigenvalue weighted by atomic mass is 10.1. The zero-order chi connectivity index (χ0) is 19.8. The highest BCUT2D eigenvalue weighted by molar-refractivity contribution is 5.92. The molecule has 0 atom stereocenters. The van der Waals surface area contributed by atoms with Crippen LogP contribution in [0, 0.1) is 0 Å². The molecule has 1 aromatic heterocycles. The smallest absolute Gasteiger partial charge is 0.246 e. The summed E-state index contributed by atoms with van der Waals surface area (Å²) < 4.78 is 11.2. The topological polar surface area (TPSA) is 54.9 Å². The van der Waals surface area contributed by atoms with E-state index in [9.17, 15) is 4.79 Å². The van der Waals surface area contributed by atoms with Crippen molar-refractivity contribution in [3.63, 3.8) is 0 Å². The lowest BCUT2D eigenvalue weighted by Gasteiger charge is -2.35. The zero-order valence-electron chi connectivity index (χ0n) is 16.5. The largest absolute Gasteiger partial charge is 0.490 e. The molecule has 0 unspecified atom stereocenters. The molecule has 0 bridgehead atoms. The van der Waals surface area contributed by atoms with Gasteiger partial charge in [0.2, 0.25) is 5.91 Å². The Labute approximate surface area is 166 Å². The van der Waals surface area contributed by atoms with Gasteiger partial charge in [-0.05, 0) is 49.8 Å². The van der Waals surface area contributed by atoms with Crippen LogP contribution in [-0.4, -0.2) is 55.2 Å². The lowest BCUT2D eigenvalue weighted by Crippen LogP contribution is -2.48. The van der Waals surface area contributed by atoms with Gasteiger partial charge in [-0.1, -0.05) is 6.07 Å². The first kappa shape index (κ1) is 19.7. The lowest BCUT2D eigenvalue weighted by molar-refractivity contribution is -0.126. The van der Waals surface area contributed by atoms with Crippen molar-refractivity contribution < 1.29 is 14.3 Å². The molecular formula is C22H27N3O3. The molecule has 1 saturated heterocycles. The molecule has 1 aliphatic rings. The third-order valence-electron chi connectivity index (χ3n) is 4.61. The van der Waals surface area contributed by atoms with Gasteiger partial charge in [0.15, 0.2) is 11.5 Å². The maximum absolute atomic E-state index is 12.5. The molecule has 2 aromatic rings. The van der Waals surface area contributed by atoms with Gasteiger partial charge in [-0.15, -0.1) is 0 Å². The van der Waals surface area contributed by atoms with Gasteiger partial charge in [0.05, 0.1) is 13.2 Å². The van der Waals surface area contributed by atoms with Crippen LogP contribution in [0.15, 0.2) is 48.8 Å². The fourth-order valence-electron chi connectivity index (χ4n) is 3.18. The SMILES string of the molecule is CCOc1ccc(/C=C/C(=O)N2CCN(c3ccncc3)CC2)cc1OCC. The van der Waals surface area contributed by atoms with Gasteiger partial charge in [0, 0.05) is 50.3 Å². The number of anilines is 1. The Morgan fingerprint density at radius 2 is 1.68 bits per heavy atom. The number of rotatable bonds is 7. The summed E-state index contributed by atoms with van der Waals surface area (Å²) in [6.45, 7) is 8.08. The summed E-state index contributed by atoms with van der Waals surface area (Å²) in [5, 5.41) is 0. The minimum Gasteiger partial charge on any atom is -0.490 e. The number of pyridine rings is 1. The predicted octanol–water partition coefficient (Wildman–Crippen LogP) is 3.24. The van der Waals surface area contributed by atoms with Crippen molar-refractivity contribution in [3.8, 4) is 11.5 Å². The molecule has 6 nitrogen and oxygen atoms in total. The number of hydrogen-bond donors (Lipinski definition) is 0. The van der Waals surface area contributed by atoms with Gasteiger partial charge in [-0.2, -0.15) is 0 Å². The number of piperazine rings is 1. The van der Waals surface area contributed by atoms with E-state index in [0.717, 1.165) is 30.1 Å². The Kier molecular flexibility index (Phi) is 6.89. The number of ether oxygens (including phenoxy) is 2. The molecule has 2 heterocycles. The molecule has 1 aromatic carbocycles. The molecule has 1 aliphatic heterocycles. The standard InChI is InChI=1S/C22H27N3O3/c1-3-27-20-7-5-18(17-21(20)28-4-2)6-8-22(26)25-15-13-24(14-16-25)19-9-11-23-12-10-19/h5-12,17H,3-4,13-16H2,1-2H3/b8-6+. The third-order valence-corrected chi connectivity index (χ3v) is 4.61. The van der Waals surface area contributed by atoms with Crippen LogP contribution in [0.3, 0.4) is 0 Å². The number of benzene rings is 1. The highest BCUT2D eigenvalue weighted by Crippen LogP contribution is 2.29. The molecule has 0 aliphatic carbocycles. The quantitative estimate of drug-likeness (QED) is 0.689. The van der Waals surface area contributed by atoms with E-state index in [1.54, 1.807) is 18.5 Å². The number of nitrogens with zero attached hydrogens (tertiary/aromatic N) is 3. The summed E-state index contributed by atoms with van der Waals surface area (Å²) in [5.74, 6) is 1.45. The first-order valence-corrected chi connectivity index (χ1v) is 9.73. The van der Waals surface area contributed by atoms with E-state index in [0.29, 0.717) is 32.1 Å². The van der Waals surface area contributed by atoms with Crippen LogP contribution in [0.2, 0.25) is 0 Å². The van der Waals surface area contributed by atoms with Crippen LogP contribution in [0.25, 0.3) is 6.08 Å². The maximum atomic E-state index is 12.5. The summed E-state index contributed by atoms with van der Waals surface area (Å²) in [5.41, 5.74) is 2.06. The molecule has 0 saturated carbocycles. The van der Waals surface area contributed by atoms with Crippen molar-refractivity contribution in [2.75, 3.05) is 44.3 Å². The molecule has 6 heteroatoms. The van der Waals surface area contributed by atoms with Gasteiger partial charge >= 0.3 is 0 Å². The van der Waals surface area contributed by atoms with Crippen molar-refractivity contribution in [2.24, 2.45) is 0 Å². The highest BCUT2D eigenvalue weighted by Gasteiger charge is 2.19. The molecule has 1 amide bonds. The minimum absolute atomic E-state index is 0.0289. The molecule has 148 valence electrons. The number of amides is 1. The van der Waals surface area contributed by atoms with Crippen LogP contribution in [0.4, 0.5) is 5.69 Å². The van der Waals surface area contributed by atoms with E-state index >= 15 is 0 Å². The van der Waals surface area contributed by atoms with Crippen LogP contribution in [0.5, 0.6) is 11.5 Å². The number of aromatic nitrogens is 1. The highest BCUT2D eigenvalue weighted by atomic mass is 16.5. The second-order valence-electron chi connectivity index (χ2n) is 6.42. The number of carbonyl (C=O) groups excluding carboxylic acids is 1. The number of carbonyl (C=O) groups is 1. The Hall–Kier alpha value is -3.02. The maximum Gasteiger partial charge on any atom is 0.246 e. The van der Waals surface area contributed by atoms with Crippen molar-refractivity contribution in [1.29, 1.82) is 0 Å². The normalized spacial score (nSPS) is 14.4. The van der Waals surface area contributed by atoms with Gasteiger partial charge in [0.1, 0.15) is 0 Å². The van der Waals surface area contributed by atoms with Crippen LogP contribution >= 0.6 is 0 Å². The molecule has 0 radical (unpaired) electrons. The average Bonchev–Trinajstić information content (AvgIpc) is 2.75. The first-order chi connectivity index (χ1) is 13.7. The van der Waals surface area contributed by atoms with E-state index in [2.05, 4.69) is 9.88 Å². The fraction of sp³-hybridized carbons (Fsp3) is 0.364. The second kappa shape index (κ2) is 9.78. The van der Waals surface area contributed by atoms with E-state index in [1.165, 1.54) is 0 Å². The van der Waals surface area contributed by atoms with E-state index in [1.807, 2.05) is 55.2 Å². The predicted molar refractivity (Wildman–Crippen MR) is 111 cm³/mol. The van der Waals surface area contributed by atoms with Crippen molar-refractivity contribution >= 4 is 17.7 Å². The van der Waals surface area contributed by atoms with E-state index in [4.69, 9.17) is 9.47 Å². The van der Waals surface area contributed by atoms with Crippen molar-refractivity contribution in [1.82, 2.24) is 9.88 Å². The summed E-state index contributed by atoms with van der Waals surface area (Å²) in [6.07, 6.45) is 7.05. The summed E-state index contributed by atoms with van der Waals surface area (Å²) >= 11 is 0. The summed E-state index contributed by atoms with van der Waals surface area (Å²) in [4.78, 5) is 20.8. The Bertz CT molecular complexity index is 800. The van der Waals surface area contributed by atoms with Crippen molar-refractivity contribution in [2.45, 2.75) is 13.8 Å². The minimum atomic E-state index is 0.0289. The Balaban J connectivity index is 1.59. The monoisotopic (exact) mass is 381 g/mol. The van der Waals surface area contributed by atoms with Crippen LogP contribution in [0.1, 0.15) is 19.4 Å². The average molecular weight is 381 g/mol. The summed E-state index contributed by atoms with van der Waals surface area (Å²) in [6, 6.07) is 9.71. The first-order valence-electron chi connectivity index (χ1n) is 9.73. The van der Waals surface area contributed by atoms with Gasteiger partial charge < -0.3 is 19.3 Å². The summed E-state index contributed by atoms with van der Waals surface area (Å²) in [7, 11) is 0. The van der Waals surface area contributed by atoms with Crippen molar-refractivity contribution in [3.05, 3.63) is 54.4 Å². The molecule has 0 N–H and O–H groups in total. The second-order valence-corrected chi connectivity index (χ2v) is 6.42. The van der Waals surface area contributed by atoms with Gasteiger partial charge in [-0.25, -0.2) is 0 Å². The van der Waals surface area contributed by atoms with Crippen LogP contribution < -0.4 is 14.4 Å². The number of hydrogen-bond acceptors (Lipinski definition) is 5.